The Morgan fingerprint density at radius 2 is 1.75 bits per heavy atom. The van der Waals surface area contributed by atoms with Gasteiger partial charge in [0.2, 0.25) is 0 Å². The summed E-state index contributed by atoms with van der Waals surface area (Å²) in [6, 6.07) is 15.2. The first-order valence-electron chi connectivity index (χ1n) is 6.06. The van der Waals surface area contributed by atoms with Gasteiger partial charge in [-0.05, 0) is 24.3 Å². The SMILES string of the molecule is O=c1ncc2ccccc2o1.c1ccc2[nH]cnc2c1. The molecule has 0 aliphatic heterocycles. The van der Waals surface area contributed by atoms with Crippen LogP contribution in [0.5, 0.6) is 0 Å². The second-order valence-corrected chi connectivity index (χ2v) is 4.08. The van der Waals surface area contributed by atoms with Crippen molar-refractivity contribution in [1.82, 2.24) is 15.0 Å². The summed E-state index contributed by atoms with van der Waals surface area (Å²) in [4.78, 5) is 21.2. The predicted octanol–water partition coefficient (Wildman–Crippen LogP) is 2.75. The van der Waals surface area contributed by atoms with Gasteiger partial charge in [-0.2, -0.15) is 4.98 Å². The first kappa shape index (κ1) is 12.1. The van der Waals surface area contributed by atoms with Crippen LogP contribution in [0.3, 0.4) is 0 Å². The lowest BCUT2D eigenvalue weighted by Crippen LogP contribution is -2.00. The van der Waals surface area contributed by atoms with Crippen LogP contribution in [0.15, 0.2) is 70.3 Å². The molecular weight excluding hydrogens is 254 g/mol. The summed E-state index contributed by atoms with van der Waals surface area (Å²) in [5.74, 6) is -0.552. The van der Waals surface area contributed by atoms with Gasteiger partial charge in [0.05, 0.1) is 17.4 Å². The van der Waals surface area contributed by atoms with E-state index in [1.54, 1.807) is 12.4 Å². The van der Waals surface area contributed by atoms with E-state index in [0.717, 1.165) is 16.4 Å². The summed E-state index contributed by atoms with van der Waals surface area (Å²) in [5, 5.41) is 0.840. The van der Waals surface area contributed by atoms with Crippen molar-refractivity contribution in [3.8, 4) is 0 Å². The molecule has 4 rings (SSSR count). The standard InChI is InChI=1S/C8H5NO2.C7H6N2/c10-8-9-5-6-3-1-2-4-7(6)11-8;1-2-4-7-6(3-1)8-5-9-7/h1-5H;1-5H,(H,8,9). The fourth-order valence-corrected chi connectivity index (χ4v) is 1.80. The van der Waals surface area contributed by atoms with Crippen molar-refractivity contribution in [2.75, 3.05) is 0 Å². The Morgan fingerprint density at radius 1 is 0.950 bits per heavy atom. The van der Waals surface area contributed by atoms with Crippen LogP contribution in [0.4, 0.5) is 0 Å². The van der Waals surface area contributed by atoms with Gasteiger partial charge in [-0.1, -0.05) is 24.3 Å². The third kappa shape index (κ3) is 2.56. The highest BCUT2D eigenvalue weighted by Gasteiger charge is 1.93. The topological polar surface area (TPSA) is 71.8 Å². The molecule has 0 unspecified atom stereocenters. The molecule has 98 valence electrons. The monoisotopic (exact) mass is 265 g/mol. The van der Waals surface area contributed by atoms with Crippen molar-refractivity contribution in [3.05, 3.63) is 71.6 Å². The molecule has 0 spiro atoms. The number of hydrogen-bond acceptors (Lipinski definition) is 4. The summed E-state index contributed by atoms with van der Waals surface area (Å²) in [6.45, 7) is 0. The lowest BCUT2D eigenvalue weighted by atomic mass is 10.3. The summed E-state index contributed by atoms with van der Waals surface area (Å²) in [7, 11) is 0. The number of benzene rings is 2. The van der Waals surface area contributed by atoms with Crippen molar-refractivity contribution < 1.29 is 4.42 Å². The van der Waals surface area contributed by atoms with Crippen molar-refractivity contribution in [2.24, 2.45) is 0 Å². The Balaban J connectivity index is 0.000000123. The van der Waals surface area contributed by atoms with E-state index in [0.29, 0.717) is 5.58 Å². The van der Waals surface area contributed by atoms with Gasteiger partial charge in [-0.25, -0.2) is 9.78 Å². The molecule has 0 aliphatic carbocycles. The van der Waals surface area contributed by atoms with Crippen LogP contribution in [0.2, 0.25) is 0 Å². The van der Waals surface area contributed by atoms with Gasteiger partial charge in [-0.15, -0.1) is 0 Å². The molecule has 0 aliphatic rings. The van der Waals surface area contributed by atoms with Gasteiger partial charge >= 0.3 is 5.76 Å². The molecule has 4 aromatic rings. The van der Waals surface area contributed by atoms with Crippen LogP contribution in [0.25, 0.3) is 22.0 Å². The van der Waals surface area contributed by atoms with Gasteiger partial charge in [0.15, 0.2) is 0 Å². The van der Waals surface area contributed by atoms with E-state index in [-0.39, 0.29) is 0 Å². The number of fused-ring (bicyclic) bond motifs is 2. The molecule has 5 heteroatoms. The molecule has 2 aromatic heterocycles. The Labute approximate surface area is 113 Å². The third-order valence-corrected chi connectivity index (χ3v) is 2.75. The van der Waals surface area contributed by atoms with Crippen molar-refractivity contribution >= 4 is 22.0 Å². The van der Waals surface area contributed by atoms with Crippen LogP contribution in [-0.2, 0) is 0 Å². The van der Waals surface area contributed by atoms with Crippen LogP contribution >= 0.6 is 0 Å². The number of nitrogens with one attached hydrogen (secondary N) is 1. The number of imidazole rings is 1. The van der Waals surface area contributed by atoms with Gasteiger partial charge in [-0.3, -0.25) is 0 Å². The van der Waals surface area contributed by atoms with Crippen molar-refractivity contribution in [1.29, 1.82) is 0 Å². The fraction of sp³-hybridized carbons (Fsp3) is 0. The van der Waals surface area contributed by atoms with E-state index < -0.39 is 5.76 Å². The Morgan fingerprint density at radius 3 is 2.65 bits per heavy atom. The molecule has 0 saturated heterocycles. The van der Waals surface area contributed by atoms with E-state index in [4.69, 9.17) is 4.42 Å². The van der Waals surface area contributed by atoms with Crippen LogP contribution in [-0.4, -0.2) is 15.0 Å². The average molecular weight is 265 g/mol. The maximum Gasteiger partial charge on any atom is 0.439 e. The maximum absolute atomic E-state index is 10.6. The van der Waals surface area contributed by atoms with Gasteiger partial charge in [0.25, 0.3) is 0 Å². The minimum atomic E-state index is -0.552. The molecule has 2 heterocycles. The summed E-state index contributed by atoms with van der Waals surface area (Å²) >= 11 is 0. The third-order valence-electron chi connectivity index (χ3n) is 2.75. The highest BCUT2D eigenvalue weighted by atomic mass is 16.4. The molecular formula is C15H11N3O2. The smallest absolute Gasteiger partial charge is 0.408 e. The number of H-pyrrole nitrogens is 1. The normalized spacial score (nSPS) is 10.2. The van der Waals surface area contributed by atoms with Gasteiger partial charge in [0.1, 0.15) is 5.58 Å². The molecule has 0 saturated carbocycles. The first-order valence-corrected chi connectivity index (χ1v) is 6.06. The highest BCUT2D eigenvalue weighted by Crippen LogP contribution is 2.07. The Hall–Kier alpha value is -2.95. The van der Waals surface area contributed by atoms with Crippen LogP contribution in [0, 0.1) is 0 Å². The van der Waals surface area contributed by atoms with Gasteiger partial charge < -0.3 is 9.40 Å². The van der Waals surface area contributed by atoms with E-state index in [2.05, 4.69) is 15.0 Å². The van der Waals surface area contributed by atoms with Gasteiger partial charge in [0, 0.05) is 11.6 Å². The Kier molecular flexibility index (Phi) is 3.24. The second-order valence-electron chi connectivity index (χ2n) is 4.08. The number of nitrogens with zero attached hydrogens (tertiary/aromatic N) is 2. The zero-order valence-corrected chi connectivity index (χ0v) is 10.5. The van der Waals surface area contributed by atoms with Crippen LogP contribution in [0.1, 0.15) is 0 Å². The Bertz CT molecular complexity index is 866. The summed E-state index contributed by atoms with van der Waals surface area (Å²) < 4.78 is 4.79. The lowest BCUT2D eigenvalue weighted by molar-refractivity contribution is 0.531. The van der Waals surface area contributed by atoms with E-state index in [1.165, 1.54) is 6.20 Å². The number of rotatable bonds is 0. The molecule has 2 aromatic carbocycles. The summed E-state index contributed by atoms with van der Waals surface area (Å²) in [6.07, 6.45) is 3.20. The molecule has 0 atom stereocenters. The number of aromatic amines is 1. The molecule has 0 radical (unpaired) electrons. The van der Waals surface area contributed by atoms with E-state index >= 15 is 0 Å². The number of aromatic nitrogens is 3. The molecule has 0 fully saturated rings. The lowest BCUT2D eigenvalue weighted by Gasteiger charge is -1.90. The average Bonchev–Trinajstić information content (AvgIpc) is 2.96. The second kappa shape index (κ2) is 5.36. The highest BCUT2D eigenvalue weighted by molar-refractivity contribution is 5.75. The zero-order chi connectivity index (χ0) is 13.8. The van der Waals surface area contributed by atoms with E-state index in [1.807, 2.05) is 42.5 Å². The largest absolute Gasteiger partial charge is 0.439 e. The minimum absolute atomic E-state index is 0.552. The summed E-state index contributed by atoms with van der Waals surface area (Å²) in [5.41, 5.74) is 2.70. The molecule has 0 amide bonds. The fourth-order valence-electron chi connectivity index (χ4n) is 1.80. The maximum atomic E-state index is 10.6. The molecule has 20 heavy (non-hydrogen) atoms. The predicted molar refractivity (Wildman–Crippen MR) is 76.4 cm³/mol. The molecule has 1 N–H and O–H groups in total. The molecule has 5 nitrogen and oxygen atoms in total. The van der Waals surface area contributed by atoms with Crippen molar-refractivity contribution in [3.63, 3.8) is 0 Å². The first-order chi connectivity index (χ1) is 9.83. The number of hydrogen-bond donors (Lipinski definition) is 1. The van der Waals surface area contributed by atoms with Crippen molar-refractivity contribution in [2.45, 2.75) is 0 Å². The quantitative estimate of drug-likeness (QED) is 0.530. The van der Waals surface area contributed by atoms with Crippen LogP contribution < -0.4 is 5.76 Å². The zero-order valence-electron chi connectivity index (χ0n) is 10.5. The number of para-hydroxylation sites is 3. The molecule has 0 bridgehead atoms. The van der Waals surface area contributed by atoms with E-state index in [9.17, 15) is 4.79 Å². The minimum Gasteiger partial charge on any atom is -0.408 e.